The van der Waals surface area contributed by atoms with Crippen molar-refractivity contribution in [2.45, 2.75) is 0 Å². The minimum Gasteiger partial charge on any atom is -0.408 e. The van der Waals surface area contributed by atoms with Crippen molar-refractivity contribution in [1.29, 1.82) is 0 Å². The van der Waals surface area contributed by atoms with Crippen molar-refractivity contribution in [2.75, 3.05) is 11.9 Å². The molecule has 0 spiro atoms. The lowest BCUT2D eigenvalue weighted by molar-refractivity contribution is -0.115. The molecule has 2 amide bonds. The van der Waals surface area contributed by atoms with Crippen LogP contribution in [-0.2, 0) is 4.79 Å². The first-order valence-corrected chi connectivity index (χ1v) is 7.36. The van der Waals surface area contributed by atoms with Gasteiger partial charge >= 0.3 is 5.76 Å². The lowest BCUT2D eigenvalue weighted by Crippen LogP contribution is -2.33. The fourth-order valence-corrected chi connectivity index (χ4v) is 2.36. The minimum atomic E-state index is -0.569. The van der Waals surface area contributed by atoms with Crippen molar-refractivity contribution in [2.24, 2.45) is 0 Å². The van der Waals surface area contributed by atoms with Crippen LogP contribution in [0.5, 0.6) is 0 Å². The first-order chi connectivity index (χ1) is 11.5. The third-order valence-electron chi connectivity index (χ3n) is 3.23. The van der Waals surface area contributed by atoms with Crippen molar-refractivity contribution < 1.29 is 14.0 Å². The molecule has 122 valence electrons. The lowest BCUT2D eigenvalue weighted by atomic mass is 10.2. The molecule has 8 heteroatoms. The van der Waals surface area contributed by atoms with Crippen LogP contribution in [0.3, 0.4) is 0 Å². The van der Waals surface area contributed by atoms with Gasteiger partial charge in [-0.2, -0.15) is 0 Å². The number of oxazole rings is 1. The van der Waals surface area contributed by atoms with Crippen LogP contribution in [0.15, 0.2) is 51.7 Å². The number of anilines is 1. The van der Waals surface area contributed by atoms with Gasteiger partial charge in [0.25, 0.3) is 5.91 Å². The van der Waals surface area contributed by atoms with E-state index in [1.54, 1.807) is 42.5 Å². The van der Waals surface area contributed by atoms with Crippen LogP contribution in [0.1, 0.15) is 10.4 Å². The Hall–Kier alpha value is -3.06. The quantitative estimate of drug-likeness (QED) is 0.673. The Balaban J connectivity index is 1.61. The second-order valence-corrected chi connectivity index (χ2v) is 5.34. The Morgan fingerprint density at radius 2 is 1.96 bits per heavy atom. The number of carbonyl (C=O) groups is 2. The van der Waals surface area contributed by atoms with Gasteiger partial charge in [0.15, 0.2) is 5.58 Å². The maximum absolute atomic E-state index is 12.0. The highest BCUT2D eigenvalue weighted by atomic mass is 35.5. The molecule has 0 unspecified atom stereocenters. The largest absolute Gasteiger partial charge is 0.417 e. The predicted molar refractivity (Wildman–Crippen MR) is 89.2 cm³/mol. The summed E-state index contributed by atoms with van der Waals surface area (Å²) in [6.07, 6.45) is 0. The van der Waals surface area contributed by atoms with Gasteiger partial charge in [-0.05, 0) is 30.3 Å². The maximum atomic E-state index is 12.0. The summed E-state index contributed by atoms with van der Waals surface area (Å²) in [7, 11) is 0. The Bertz CT molecular complexity index is 977. The summed E-state index contributed by atoms with van der Waals surface area (Å²) in [5, 5.41) is 5.41. The van der Waals surface area contributed by atoms with Crippen LogP contribution in [0.25, 0.3) is 11.1 Å². The van der Waals surface area contributed by atoms with Gasteiger partial charge in [-0.15, -0.1) is 0 Å². The second kappa shape index (κ2) is 6.59. The summed E-state index contributed by atoms with van der Waals surface area (Å²) in [5.41, 5.74) is 1.63. The summed E-state index contributed by atoms with van der Waals surface area (Å²) in [6.45, 7) is -0.218. The Labute approximate surface area is 140 Å². The molecule has 24 heavy (non-hydrogen) atoms. The molecule has 0 radical (unpaired) electrons. The van der Waals surface area contributed by atoms with Crippen LogP contribution < -0.4 is 16.4 Å². The smallest absolute Gasteiger partial charge is 0.408 e. The number of amides is 2. The molecule has 7 nitrogen and oxygen atoms in total. The summed E-state index contributed by atoms with van der Waals surface area (Å²) in [6, 6.07) is 11.3. The number of carbonyl (C=O) groups excluding carboxylic acids is 2. The molecule has 0 aliphatic rings. The number of halogens is 1. The van der Waals surface area contributed by atoms with Gasteiger partial charge in [-0.25, -0.2) is 4.79 Å². The normalized spacial score (nSPS) is 10.5. The zero-order valence-corrected chi connectivity index (χ0v) is 13.0. The van der Waals surface area contributed by atoms with Gasteiger partial charge in [-0.1, -0.05) is 23.7 Å². The fourth-order valence-electron chi connectivity index (χ4n) is 2.14. The first-order valence-electron chi connectivity index (χ1n) is 6.98. The number of nitrogens with one attached hydrogen (secondary N) is 3. The van der Waals surface area contributed by atoms with Gasteiger partial charge in [0.1, 0.15) is 0 Å². The highest BCUT2D eigenvalue weighted by Crippen LogP contribution is 2.16. The number of rotatable bonds is 4. The molecule has 0 saturated heterocycles. The Morgan fingerprint density at radius 1 is 1.17 bits per heavy atom. The van der Waals surface area contributed by atoms with E-state index in [-0.39, 0.29) is 6.54 Å². The van der Waals surface area contributed by atoms with E-state index in [9.17, 15) is 14.4 Å². The summed E-state index contributed by atoms with van der Waals surface area (Å²) in [4.78, 5) is 37.5. The Morgan fingerprint density at radius 3 is 2.75 bits per heavy atom. The molecule has 3 aromatic rings. The van der Waals surface area contributed by atoms with Crippen LogP contribution in [-0.4, -0.2) is 23.3 Å². The molecule has 1 heterocycles. The molecule has 1 aromatic heterocycles. The second-order valence-electron chi connectivity index (χ2n) is 4.94. The van der Waals surface area contributed by atoms with Crippen molar-refractivity contribution in [3.8, 4) is 0 Å². The number of aromatic amines is 1. The van der Waals surface area contributed by atoms with E-state index in [0.717, 1.165) is 0 Å². The number of fused-ring (bicyclic) bond motifs is 1. The van der Waals surface area contributed by atoms with Gasteiger partial charge < -0.3 is 15.1 Å². The van der Waals surface area contributed by atoms with E-state index in [0.29, 0.717) is 27.4 Å². The van der Waals surface area contributed by atoms with E-state index in [1.807, 2.05) is 0 Å². The number of benzene rings is 2. The maximum Gasteiger partial charge on any atom is 0.417 e. The molecule has 3 rings (SSSR count). The molecule has 3 N–H and O–H groups in total. The molecule has 0 aliphatic heterocycles. The minimum absolute atomic E-state index is 0.218. The SMILES string of the molecule is O=C(CNC(=O)c1ccccc1Cl)Nc1ccc2oc(=O)[nH]c2c1. The van der Waals surface area contributed by atoms with Crippen molar-refractivity contribution >= 4 is 40.2 Å². The van der Waals surface area contributed by atoms with Crippen molar-refractivity contribution in [3.63, 3.8) is 0 Å². The highest BCUT2D eigenvalue weighted by molar-refractivity contribution is 6.33. The molecule has 0 aliphatic carbocycles. The number of hydrogen-bond acceptors (Lipinski definition) is 4. The number of aromatic nitrogens is 1. The zero-order chi connectivity index (χ0) is 17.1. The Kier molecular flexibility index (Phi) is 4.35. The van der Waals surface area contributed by atoms with Gasteiger partial charge in [-0.3, -0.25) is 14.6 Å². The topological polar surface area (TPSA) is 104 Å². The lowest BCUT2D eigenvalue weighted by Gasteiger charge is -2.08. The third-order valence-corrected chi connectivity index (χ3v) is 3.56. The van der Waals surface area contributed by atoms with Crippen molar-refractivity contribution in [3.05, 3.63) is 63.6 Å². The van der Waals surface area contributed by atoms with Crippen LogP contribution in [0, 0.1) is 0 Å². The van der Waals surface area contributed by atoms with E-state index >= 15 is 0 Å². The average Bonchev–Trinajstić information content (AvgIpc) is 2.92. The van der Waals surface area contributed by atoms with Crippen LogP contribution in [0.2, 0.25) is 5.02 Å². The van der Waals surface area contributed by atoms with E-state index in [2.05, 4.69) is 15.6 Å². The molecule has 0 fully saturated rings. The van der Waals surface area contributed by atoms with E-state index in [1.165, 1.54) is 0 Å². The third kappa shape index (κ3) is 3.47. The van der Waals surface area contributed by atoms with Crippen molar-refractivity contribution in [1.82, 2.24) is 10.3 Å². The fraction of sp³-hybridized carbons (Fsp3) is 0.0625. The van der Waals surface area contributed by atoms with E-state index < -0.39 is 17.6 Å². The van der Waals surface area contributed by atoms with Gasteiger partial charge in [0.2, 0.25) is 5.91 Å². The number of H-pyrrole nitrogens is 1. The number of hydrogen-bond donors (Lipinski definition) is 3. The molecule has 0 bridgehead atoms. The predicted octanol–water partition coefficient (Wildman–Crippen LogP) is 2.14. The van der Waals surface area contributed by atoms with Gasteiger partial charge in [0.05, 0.1) is 22.6 Å². The van der Waals surface area contributed by atoms with Crippen LogP contribution >= 0.6 is 11.6 Å². The molecular weight excluding hydrogens is 334 g/mol. The molecule has 0 saturated carbocycles. The summed E-state index contributed by atoms with van der Waals surface area (Å²) >= 11 is 5.92. The molecule has 2 aromatic carbocycles. The molecule has 0 atom stereocenters. The van der Waals surface area contributed by atoms with Crippen LogP contribution in [0.4, 0.5) is 5.69 Å². The van der Waals surface area contributed by atoms with E-state index in [4.69, 9.17) is 16.0 Å². The summed E-state index contributed by atoms with van der Waals surface area (Å²) in [5.74, 6) is -1.42. The summed E-state index contributed by atoms with van der Waals surface area (Å²) < 4.78 is 4.87. The average molecular weight is 346 g/mol. The molecular formula is C16H12ClN3O4. The first kappa shape index (κ1) is 15.8. The zero-order valence-electron chi connectivity index (χ0n) is 12.3. The standard InChI is InChI=1S/C16H12ClN3O4/c17-11-4-2-1-3-10(11)15(22)18-8-14(21)19-9-5-6-13-12(7-9)20-16(23)24-13/h1-7H,8H2,(H,18,22)(H,19,21)(H,20,23). The van der Waals surface area contributed by atoms with Gasteiger partial charge in [0, 0.05) is 5.69 Å². The monoisotopic (exact) mass is 345 g/mol. The highest BCUT2D eigenvalue weighted by Gasteiger charge is 2.11.